The van der Waals surface area contributed by atoms with Crippen molar-refractivity contribution in [1.29, 1.82) is 0 Å². The molecule has 0 aliphatic heterocycles. The van der Waals surface area contributed by atoms with Crippen LogP contribution in [-0.2, 0) is 0 Å². The fraction of sp³-hybridized carbons (Fsp3) is 0.600. The van der Waals surface area contributed by atoms with Crippen molar-refractivity contribution in [3.63, 3.8) is 0 Å². The summed E-state index contributed by atoms with van der Waals surface area (Å²) in [6.07, 6.45) is 3.79. The Morgan fingerprint density at radius 1 is 1.35 bits per heavy atom. The highest BCUT2D eigenvalue weighted by molar-refractivity contribution is 5.30. The molecule has 1 fully saturated rings. The van der Waals surface area contributed by atoms with Crippen molar-refractivity contribution < 1.29 is 4.74 Å². The molecule has 1 atom stereocenters. The predicted octanol–water partition coefficient (Wildman–Crippen LogP) is 3.54. The van der Waals surface area contributed by atoms with Gasteiger partial charge in [0.05, 0.1) is 6.61 Å². The Hall–Kier alpha value is -1.02. The van der Waals surface area contributed by atoms with E-state index in [-0.39, 0.29) is 0 Å². The lowest BCUT2D eigenvalue weighted by Crippen LogP contribution is -2.20. The third-order valence-electron chi connectivity index (χ3n) is 3.30. The molecule has 2 heteroatoms. The second-order valence-electron chi connectivity index (χ2n) is 4.85. The molecule has 0 aromatic heterocycles. The first-order valence-electron chi connectivity index (χ1n) is 6.79. The van der Waals surface area contributed by atoms with E-state index in [4.69, 9.17) is 4.74 Å². The van der Waals surface area contributed by atoms with E-state index in [0.29, 0.717) is 6.04 Å². The lowest BCUT2D eigenvalue weighted by atomic mass is 10.0. The average molecular weight is 233 g/mol. The zero-order valence-electron chi connectivity index (χ0n) is 10.9. The first-order chi connectivity index (χ1) is 8.33. The first-order valence-corrected chi connectivity index (χ1v) is 6.79. The van der Waals surface area contributed by atoms with E-state index in [1.807, 2.05) is 0 Å². The van der Waals surface area contributed by atoms with Crippen molar-refractivity contribution in [1.82, 2.24) is 5.32 Å². The Morgan fingerprint density at radius 3 is 2.82 bits per heavy atom. The zero-order valence-corrected chi connectivity index (χ0v) is 10.9. The summed E-state index contributed by atoms with van der Waals surface area (Å²) in [7, 11) is 0. The van der Waals surface area contributed by atoms with Crippen LogP contribution in [0, 0.1) is 5.92 Å². The molecule has 2 rings (SSSR count). The Morgan fingerprint density at radius 2 is 2.18 bits per heavy atom. The number of hydrogen-bond donors (Lipinski definition) is 1. The highest BCUT2D eigenvalue weighted by atomic mass is 16.5. The van der Waals surface area contributed by atoms with Gasteiger partial charge in [-0.2, -0.15) is 0 Å². The minimum atomic E-state index is 0.449. The van der Waals surface area contributed by atoms with Crippen molar-refractivity contribution in [2.45, 2.75) is 39.2 Å². The third kappa shape index (κ3) is 3.74. The van der Waals surface area contributed by atoms with Gasteiger partial charge in [-0.05, 0) is 49.4 Å². The molecule has 0 spiro atoms. The Labute approximate surface area is 104 Å². The number of rotatable bonds is 7. The first kappa shape index (κ1) is 12.4. The molecular formula is C15H23NO. The SMILES string of the molecule is CCNC(CC)c1cccc(OCC2CC2)c1. The van der Waals surface area contributed by atoms with Crippen LogP contribution in [0.25, 0.3) is 0 Å². The zero-order chi connectivity index (χ0) is 12.1. The average Bonchev–Trinajstić information content (AvgIpc) is 3.18. The fourth-order valence-corrected chi connectivity index (χ4v) is 2.06. The van der Waals surface area contributed by atoms with Gasteiger partial charge in [0, 0.05) is 6.04 Å². The Bertz CT molecular complexity index is 347. The van der Waals surface area contributed by atoms with Gasteiger partial charge < -0.3 is 10.1 Å². The molecule has 1 N–H and O–H groups in total. The standard InChI is InChI=1S/C15H23NO/c1-3-15(16-4-2)13-6-5-7-14(10-13)17-11-12-8-9-12/h5-7,10,12,15-16H,3-4,8-9,11H2,1-2H3. The van der Waals surface area contributed by atoms with Crippen LogP contribution in [0.1, 0.15) is 44.7 Å². The van der Waals surface area contributed by atoms with E-state index in [9.17, 15) is 0 Å². The van der Waals surface area contributed by atoms with Crippen LogP contribution >= 0.6 is 0 Å². The third-order valence-corrected chi connectivity index (χ3v) is 3.30. The van der Waals surface area contributed by atoms with E-state index in [2.05, 4.69) is 43.4 Å². The number of hydrogen-bond acceptors (Lipinski definition) is 2. The molecule has 0 saturated heterocycles. The van der Waals surface area contributed by atoms with Crippen molar-refractivity contribution in [2.24, 2.45) is 5.92 Å². The molecule has 1 aliphatic carbocycles. The summed E-state index contributed by atoms with van der Waals surface area (Å²) in [5, 5.41) is 3.50. The highest BCUT2D eigenvalue weighted by Crippen LogP contribution is 2.30. The Balaban J connectivity index is 1.97. The molecule has 94 valence electrons. The van der Waals surface area contributed by atoms with E-state index < -0.39 is 0 Å². The maximum atomic E-state index is 5.82. The summed E-state index contributed by atoms with van der Waals surface area (Å²) >= 11 is 0. The van der Waals surface area contributed by atoms with Crippen LogP contribution in [0.5, 0.6) is 5.75 Å². The van der Waals surface area contributed by atoms with Gasteiger partial charge in [-0.25, -0.2) is 0 Å². The molecule has 1 aliphatic rings. The number of benzene rings is 1. The quantitative estimate of drug-likeness (QED) is 0.778. The molecule has 2 nitrogen and oxygen atoms in total. The molecule has 1 aromatic carbocycles. The van der Waals surface area contributed by atoms with Gasteiger partial charge in [0.25, 0.3) is 0 Å². The maximum Gasteiger partial charge on any atom is 0.119 e. The Kier molecular flexibility index (Phi) is 4.43. The molecule has 0 heterocycles. The smallest absolute Gasteiger partial charge is 0.119 e. The summed E-state index contributed by atoms with van der Waals surface area (Å²) in [4.78, 5) is 0. The van der Waals surface area contributed by atoms with Crippen LogP contribution in [0.3, 0.4) is 0 Å². The number of nitrogens with one attached hydrogen (secondary N) is 1. The maximum absolute atomic E-state index is 5.82. The molecule has 0 amide bonds. The van der Waals surface area contributed by atoms with Gasteiger partial charge in [-0.1, -0.05) is 26.0 Å². The second-order valence-corrected chi connectivity index (χ2v) is 4.85. The van der Waals surface area contributed by atoms with Gasteiger partial charge in [-0.3, -0.25) is 0 Å². The molecule has 1 aromatic rings. The van der Waals surface area contributed by atoms with Crippen molar-refractivity contribution >= 4 is 0 Å². The van der Waals surface area contributed by atoms with Gasteiger partial charge in [0.15, 0.2) is 0 Å². The van der Waals surface area contributed by atoms with E-state index in [0.717, 1.165) is 31.2 Å². The molecule has 1 saturated carbocycles. The van der Waals surface area contributed by atoms with Crippen molar-refractivity contribution in [3.8, 4) is 5.75 Å². The monoisotopic (exact) mass is 233 g/mol. The fourth-order valence-electron chi connectivity index (χ4n) is 2.06. The normalized spacial score (nSPS) is 16.8. The molecule has 1 unspecified atom stereocenters. The minimum absolute atomic E-state index is 0.449. The van der Waals surface area contributed by atoms with Crippen molar-refractivity contribution in [3.05, 3.63) is 29.8 Å². The summed E-state index contributed by atoms with van der Waals surface area (Å²) in [6, 6.07) is 8.96. The van der Waals surface area contributed by atoms with Crippen LogP contribution in [0.4, 0.5) is 0 Å². The molecule has 0 bridgehead atoms. The van der Waals surface area contributed by atoms with E-state index >= 15 is 0 Å². The lowest BCUT2D eigenvalue weighted by Gasteiger charge is -2.17. The van der Waals surface area contributed by atoms with Crippen LogP contribution in [-0.4, -0.2) is 13.2 Å². The van der Waals surface area contributed by atoms with Crippen LogP contribution in [0.2, 0.25) is 0 Å². The molecule has 0 radical (unpaired) electrons. The van der Waals surface area contributed by atoms with Gasteiger partial charge in [0.1, 0.15) is 5.75 Å². The van der Waals surface area contributed by atoms with E-state index in [1.54, 1.807) is 0 Å². The second kappa shape index (κ2) is 6.06. The summed E-state index contributed by atoms with van der Waals surface area (Å²) in [5.41, 5.74) is 1.34. The molecular weight excluding hydrogens is 210 g/mol. The van der Waals surface area contributed by atoms with E-state index in [1.165, 1.54) is 18.4 Å². The summed E-state index contributed by atoms with van der Waals surface area (Å²) < 4.78 is 5.82. The highest BCUT2D eigenvalue weighted by Gasteiger charge is 2.21. The predicted molar refractivity (Wildman–Crippen MR) is 71.4 cm³/mol. The minimum Gasteiger partial charge on any atom is -0.493 e. The topological polar surface area (TPSA) is 21.3 Å². The van der Waals surface area contributed by atoms with Gasteiger partial charge in [-0.15, -0.1) is 0 Å². The lowest BCUT2D eigenvalue weighted by molar-refractivity contribution is 0.299. The summed E-state index contributed by atoms with van der Waals surface area (Å²) in [6.45, 7) is 6.26. The molecule has 17 heavy (non-hydrogen) atoms. The largest absolute Gasteiger partial charge is 0.493 e. The van der Waals surface area contributed by atoms with Crippen LogP contribution in [0.15, 0.2) is 24.3 Å². The van der Waals surface area contributed by atoms with Gasteiger partial charge in [0.2, 0.25) is 0 Å². The van der Waals surface area contributed by atoms with Crippen LogP contribution < -0.4 is 10.1 Å². The van der Waals surface area contributed by atoms with Crippen molar-refractivity contribution in [2.75, 3.05) is 13.2 Å². The van der Waals surface area contributed by atoms with Gasteiger partial charge >= 0.3 is 0 Å². The summed E-state index contributed by atoms with van der Waals surface area (Å²) in [5.74, 6) is 1.83. The number of ether oxygens (including phenoxy) is 1.